The lowest BCUT2D eigenvalue weighted by Crippen LogP contribution is -1.72. The molecule has 0 fully saturated rings. The Hall–Kier alpha value is -0.890. The van der Waals surface area contributed by atoms with Crippen molar-refractivity contribution in [3.8, 4) is 0 Å². The first-order valence-electron chi connectivity index (χ1n) is 2.85. The Kier molecular flexibility index (Phi) is 4.73. The van der Waals surface area contributed by atoms with Crippen molar-refractivity contribution in [1.82, 2.24) is 4.98 Å². The summed E-state index contributed by atoms with van der Waals surface area (Å²) in [6.07, 6.45) is 1.79. The van der Waals surface area contributed by atoms with Crippen molar-refractivity contribution in [1.29, 1.82) is 0 Å². The van der Waals surface area contributed by atoms with Crippen LogP contribution in [0.25, 0.3) is 0 Å². The van der Waals surface area contributed by atoms with Crippen LogP contribution in [0.2, 0.25) is 0 Å². The number of aryl methyl sites for hydroxylation is 1. The summed E-state index contributed by atoms with van der Waals surface area (Å²) in [5, 5.41) is 0. The van der Waals surface area contributed by atoms with Crippen molar-refractivity contribution in [2.45, 2.75) is 6.92 Å². The van der Waals surface area contributed by atoms with E-state index in [1.165, 1.54) is 7.05 Å². The van der Waals surface area contributed by atoms with Crippen LogP contribution in [0.5, 0.6) is 0 Å². The zero-order valence-corrected chi connectivity index (χ0v) is 5.83. The number of pyridine rings is 1. The molecule has 52 valence electrons. The number of rotatable bonds is 0. The molecule has 0 unspecified atom stereocenters. The van der Waals surface area contributed by atoms with Gasteiger partial charge in [-0.05, 0) is 26.1 Å². The summed E-state index contributed by atoms with van der Waals surface area (Å²) in [4.78, 5) is 3.98. The van der Waals surface area contributed by atoms with Gasteiger partial charge < -0.3 is 5.73 Å². The van der Waals surface area contributed by atoms with Gasteiger partial charge in [0, 0.05) is 13.3 Å². The Labute approximate surface area is 57.2 Å². The fraction of sp³-hybridized carbons (Fsp3) is 0.286. The fourth-order valence-electron chi connectivity index (χ4n) is 0.448. The maximum atomic E-state index is 4.50. The highest BCUT2D eigenvalue weighted by molar-refractivity contribution is 4.99. The van der Waals surface area contributed by atoms with Crippen LogP contribution in [-0.4, -0.2) is 12.0 Å². The van der Waals surface area contributed by atoms with E-state index in [-0.39, 0.29) is 1.43 Å². The lowest BCUT2D eigenvalue weighted by atomic mass is 10.4. The second-order valence-electron chi connectivity index (χ2n) is 1.47. The number of aromatic nitrogens is 1. The predicted octanol–water partition coefficient (Wildman–Crippen LogP) is 1.21. The van der Waals surface area contributed by atoms with E-state index in [9.17, 15) is 0 Å². The molecule has 1 aromatic heterocycles. The molecule has 0 radical (unpaired) electrons. The molecule has 1 rings (SSSR count). The van der Waals surface area contributed by atoms with Crippen LogP contribution in [0.1, 0.15) is 7.12 Å². The van der Waals surface area contributed by atoms with Gasteiger partial charge >= 0.3 is 0 Å². The first-order chi connectivity index (χ1) is 4.39. The van der Waals surface area contributed by atoms with E-state index >= 15 is 0 Å². The Balaban J connectivity index is 0. The summed E-state index contributed by atoms with van der Waals surface area (Å²) in [6, 6.07) is 5.86. The molecule has 2 N–H and O–H groups in total. The summed E-state index contributed by atoms with van der Waals surface area (Å²) in [7, 11) is 1.50. The summed E-state index contributed by atoms with van der Waals surface area (Å²) in [5.74, 6) is 0. The monoisotopic (exact) mass is 126 g/mol. The summed E-state index contributed by atoms with van der Waals surface area (Å²) < 4.78 is 0. The maximum Gasteiger partial charge on any atom is 0.0372 e. The van der Waals surface area contributed by atoms with Crippen LogP contribution in [0, 0.1) is 6.92 Å². The minimum absolute atomic E-state index is 0. The maximum absolute atomic E-state index is 4.50. The molecular formula is C7H14N2. The van der Waals surface area contributed by atoms with Gasteiger partial charge in [0.25, 0.3) is 0 Å². The van der Waals surface area contributed by atoms with Crippen molar-refractivity contribution in [3.05, 3.63) is 30.1 Å². The normalized spacial score (nSPS) is 7.44. The van der Waals surface area contributed by atoms with Crippen LogP contribution in [0.4, 0.5) is 0 Å². The van der Waals surface area contributed by atoms with E-state index in [0.717, 1.165) is 5.69 Å². The van der Waals surface area contributed by atoms with Gasteiger partial charge in [-0.2, -0.15) is 0 Å². The molecule has 0 aromatic carbocycles. The van der Waals surface area contributed by atoms with Gasteiger partial charge in [-0.1, -0.05) is 6.07 Å². The Morgan fingerprint density at radius 3 is 2.33 bits per heavy atom. The highest BCUT2D eigenvalue weighted by atomic mass is 14.6. The van der Waals surface area contributed by atoms with Gasteiger partial charge in [0.1, 0.15) is 0 Å². The molecule has 0 spiro atoms. The SMILES string of the molecule is CN.Cc1ccccn1.[HH]. The van der Waals surface area contributed by atoms with E-state index in [0.29, 0.717) is 0 Å². The van der Waals surface area contributed by atoms with Gasteiger partial charge in [-0.3, -0.25) is 4.98 Å². The van der Waals surface area contributed by atoms with Gasteiger partial charge in [-0.25, -0.2) is 0 Å². The van der Waals surface area contributed by atoms with E-state index in [2.05, 4.69) is 10.7 Å². The number of hydrogen-bond donors (Lipinski definition) is 1. The molecule has 2 heteroatoms. The van der Waals surface area contributed by atoms with E-state index < -0.39 is 0 Å². The third-order valence-electron chi connectivity index (χ3n) is 0.813. The summed E-state index contributed by atoms with van der Waals surface area (Å²) in [5.41, 5.74) is 5.57. The average molecular weight is 126 g/mol. The van der Waals surface area contributed by atoms with Crippen LogP contribution in [0.15, 0.2) is 24.4 Å². The average Bonchev–Trinajstić information content (AvgIpc) is 1.94. The number of nitrogens with zero attached hydrogens (tertiary/aromatic N) is 1. The van der Waals surface area contributed by atoms with Gasteiger partial charge in [-0.15, -0.1) is 0 Å². The van der Waals surface area contributed by atoms with E-state index in [1.54, 1.807) is 6.20 Å². The second kappa shape index (κ2) is 5.25. The molecule has 0 atom stereocenters. The van der Waals surface area contributed by atoms with Gasteiger partial charge in [0.2, 0.25) is 0 Å². The molecule has 0 amide bonds. The van der Waals surface area contributed by atoms with Crippen molar-refractivity contribution in [2.75, 3.05) is 7.05 Å². The molecule has 1 heterocycles. The molecule has 0 saturated heterocycles. The lowest BCUT2D eigenvalue weighted by Gasteiger charge is -1.82. The minimum atomic E-state index is 0. The molecule has 0 aliphatic rings. The van der Waals surface area contributed by atoms with Crippen LogP contribution in [0.3, 0.4) is 0 Å². The van der Waals surface area contributed by atoms with Crippen LogP contribution >= 0.6 is 0 Å². The fourth-order valence-corrected chi connectivity index (χ4v) is 0.448. The molecule has 0 saturated carbocycles. The Morgan fingerprint density at radius 2 is 2.11 bits per heavy atom. The Bertz CT molecular complexity index is 142. The largest absolute Gasteiger partial charge is 0.333 e. The highest BCUT2D eigenvalue weighted by Gasteiger charge is 1.73. The first-order valence-corrected chi connectivity index (χ1v) is 2.85. The zero-order chi connectivity index (χ0) is 7.11. The van der Waals surface area contributed by atoms with Crippen LogP contribution in [-0.2, 0) is 0 Å². The van der Waals surface area contributed by atoms with Crippen molar-refractivity contribution in [2.24, 2.45) is 5.73 Å². The number of nitrogens with two attached hydrogens (primary N) is 1. The molecule has 0 aliphatic heterocycles. The molecular weight excluding hydrogens is 112 g/mol. The second-order valence-corrected chi connectivity index (χ2v) is 1.47. The highest BCUT2D eigenvalue weighted by Crippen LogP contribution is 1.85. The Morgan fingerprint density at radius 1 is 1.44 bits per heavy atom. The molecule has 2 nitrogen and oxygen atoms in total. The summed E-state index contributed by atoms with van der Waals surface area (Å²) in [6.45, 7) is 1.97. The minimum Gasteiger partial charge on any atom is -0.333 e. The van der Waals surface area contributed by atoms with E-state index in [4.69, 9.17) is 0 Å². The first kappa shape index (κ1) is 8.11. The van der Waals surface area contributed by atoms with Crippen molar-refractivity contribution >= 4 is 0 Å². The standard InChI is InChI=1S/C6H7N.CH5N.H2/c1-6-4-2-3-5-7-6;1-2;/h2-5H,1H3;2H2,1H3;1H. The zero-order valence-electron chi connectivity index (χ0n) is 5.83. The predicted molar refractivity (Wildman–Crippen MR) is 41.2 cm³/mol. The number of hydrogen-bond acceptors (Lipinski definition) is 2. The third-order valence-corrected chi connectivity index (χ3v) is 0.813. The lowest BCUT2D eigenvalue weighted by molar-refractivity contribution is 1.20. The van der Waals surface area contributed by atoms with Gasteiger partial charge in [0.05, 0.1) is 0 Å². The molecule has 9 heavy (non-hydrogen) atoms. The third kappa shape index (κ3) is 3.67. The van der Waals surface area contributed by atoms with Crippen molar-refractivity contribution in [3.63, 3.8) is 0 Å². The topological polar surface area (TPSA) is 38.9 Å². The molecule has 0 aliphatic carbocycles. The van der Waals surface area contributed by atoms with Crippen LogP contribution < -0.4 is 5.73 Å². The summed E-state index contributed by atoms with van der Waals surface area (Å²) >= 11 is 0. The molecule has 1 aromatic rings. The quantitative estimate of drug-likeness (QED) is 0.567. The smallest absolute Gasteiger partial charge is 0.0372 e. The van der Waals surface area contributed by atoms with Crippen molar-refractivity contribution < 1.29 is 1.43 Å². The molecule has 0 bridgehead atoms. The van der Waals surface area contributed by atoms with Gasteiger partial charge in [0.15, 0.2) is 0 Å². The van der Waals surface area contributed by atoms with E-state index in [1.807, 2.05) is 25.1 Å².